The third kappa shape index (κ3) is 3.38. The number of rotatable bonds is 4. The first-order valence-corrected chi connectivity index (χ1v) is 6.93. The normalized spacial score (nSPS) is 16.9. The lowest BCUT2D eigenvalue weighted by molar-refractivity contribution is 0.0819. The van der Waals surface area contributed by atoms with Crippen LogP contribution in [0.25, 0.3) is 0 Å². The maximum absolute atomic E-state index is 13.8. The number of benzene rings is 1. The summed E-state index contributed by atoms with van der Waals surface area (Å²) in [6, 6.07) is 3.59. The Morgan fingerprint density at radius 3 is 2.68 bits per heavy atom. The molecule has 3 nitrogen and oxygen atoms in total. The molecule has 1 aromatic rings. The van der Waals surface area contributed by atoms with E-state index in [2.05, 4.69) is 10.2 Å². The van der Waals surface area contributed by atoms with Crippen molar-refractivity contribution in [1.82, 2.24) is 5.32 Å². The van der Waals surface area contributed by atoms with E-state index in [4.69, 9.17) is 16.3 Å². The van der Waals surface area contributed by atoms with Crippen LogP contribution in [0, 0.1) is 5.82 Å². The Morgan fingerprint density at radius 1 is 1.42 bits per heavy atom. The summed E-state index contributed by atoms with van der Waals surface area (Å²) < 4.78 is 19.2. The maximum atomic E-state index is 13.8. The number of nitrogens with one attached hydrogen (secondary N) is 1. The van der Waals surface area contributed by atoms with Gasteiger partial charge in [0.05, 0.1) is 11.1 Å². The molecule has 106 valence electrons. The lowest BCUT2D eigenvalue weighted by Gasteiger charge is -2.33. The molecule has 0 aliphatic carbocycles. The van der Waals surface area contributed by atoms with E-state index in [0.717, 1.165) is 31.6 Å². The van der Waals surface area contributed by atoms with Gasteiger partial charge in [-0.1, -0.05) is 11.6 Å². The van der Waals surface area contributed by atoms with Crippen molar-refractivity contribution in [3.63, 3.8) is 0 Å². The first kappa shape index (κ1) is 14.6. The van der Waals surface area contributed by atoms with Crippen molar-refractivity contribution in [2.24, 2.45) is 0 Å². The van der Waals surface area contributed by atoms with Crippen LogP contribution in [0.3, 0.4) is 0 Å². The van der Waals surface area contributed by atoms with E-state index in [1.807, 2.05) is 6.07 Å². The topological polar surface area (TPSA) is 24.5 Å². The van der Waals surface area contributed by atoms with E-state index in [9.17, 15) is 4.39 Å². The minimum Gasteiger partial charge on any atom is -0.381 e. The number of anilines is 1. The van der Waals surface area contributed by atoms with Crippen LogP contribution < -0.4 is 10.2 Å². The molecule has 1 fully saturated rings. The summed E-state index contributed by atoms with van der Waals surface area (Å²) in [4.78, 5) is 2.24. The van der Waals surface area contributed by atoms with Crippen LogP contribution in [-0.2, 0) is 11.3 Å². The number of halogens is 2. The van der Waals surface area contributed by atoms with Crippen LogP contribution in [0.5, 0.6) is 0 Å². The average molecular weight is 287 g/mol. The Bertz CT molecular complexity index is 434. The van der Waals surface area contributed by atoms with Gasteiger partial charge >= 0.3 is 0 Å². The molecule has 1 N–H and O–H groups in total. The molecular weight excluding hydrogens is 267 g/mol. The van der Waals surface area contributed by atoms with E-state index in [-0.39, 0.29) is 10.8 Å². The predicted molar refractivity (Wildman–Crippen MR) is 76.4 cm³/mol. The molecule has 0 spiro atoms. The molecule has 0 saturated carbocycles. The summed E-state index contributed by atoms with van der Waals surface area (Å²) in [5.74, 6) is -0.327. The zero-order valence-electron chi connectivity index (χ0n) is 11.4. The highest BCUT2D eigenvalue weighted by atomic mass is 35.5. The van der Waals surface area contributed by atoms with Crippen molar-refractivity contribution in [3.8, 4) is 0 Å². The van der Waals surface area contributed by atoms with Gasteiger partial charge in [-0.25, -0.2) is 4.39 Å². The van der Waals surface area contributed by atoms with Crippen molar-refractivity contribution >= 4 is 17.3 Å². The van der Waals surface area contributed by atoms with Crippen LogP contribution in [0.1, 0.15) is 18.4 Å². The molecule has 5 heteroatoms. The Balaban J connectivity index is 2.16. The lowest BCUT2D eigenvalue weighted by Crippen LogP contribution is -2.36. The van der Waals surface area contributed by atoms with Gasteiger partial charge in [-0.05, 0) is 32.0 Å². The Morgan fingerprint density at radius 2 is 2.11 bits per heavy atom. The minimum absolute atomic E-state index is 0.191. The monoisotopic (exact) mass is 286 g/mol. The number of ether oxygens (including phenoxy) is 1. The Kier molecular flexibility index (Phi) is 5.02. The maximum Gasteiger partial charge on any atom is 0.146 e. The summed E-state index contributed by atoms with van der Waals surface area (Å²) in [5.41, 5.74) is 1.60. The third-order valence-corrected chi connectivity index (χ3v) is 3.87. The fourth-order valence-electron chi connectivity index (χ4n) is 2.48. The number of hydrogen-bond acceptors (Lipinski definition) is 3. The number of nitrogens with zero attached hydrogens (tertiary/aromatic N) is 1. The van der Waals surface area contributed by atoms with E-state index in [1.165, 1.54) is 0 Å². The van der Waals surface area contributed by atoms with Crippen LogP contribution in [0.2, 0.25) is 5.02 Å². The minimum atomic E-state index is -0.327. The van der Waals surface area contributed by atoms with Gasteiger partial charge in [0, 0.05) is 38.0 Å². The van der Waals surface area contributed by atoms with E-state index in [1.54, 1.807) is 20.2 Å². The highest BCUT2D eigenvalue weighted by Gasteiger charge is 2.20. The molecule has 1 aromatic carbocycles. The van der Waals surface area contributed by atoms with Crippen molar-refractivity contribution in [1.29, 1.82) is 0 Å². The molecule has 0 amide bonds. The van der Waals surface area contributed by atoms with Gasteiger partial charge in [0.25, 0.3) is 0 Å². The average Bonchev–Trinajstić information content (AvgIpc) is 2.44. The zero-order chi connectivity index (χ0) is 13.8. The predicted octanol–water partition coefficient (Wildman–Crippen LogP) is 2.81. The molecule has 0 aromatic heterocycles. The molecule has 1 saturated heterocycles. The van der Waals surface area contributed by atoms with Crippen molar-refractivity contribution in [2.75, 3.05) is 32.1 Å². The van der Waals surface area contributed by atoms with Gasteiger partial charge in [-0.2, -0.15) is 0 Å². The van der Waals surface area contributed by atoms with Crippen molar-refractivity contribution in [2.45, 2.75) is 25.5 Å². The first-order chi connectivity index (χ1) is 9.15. The Labute approximate surface area is 118 Å². The summed E-state index contributed by atoms with van der Waals surface area (Å²) in [6.45, 7) is 2.31. The van der Waals surface area contributed by atoms with Crippen LogP contribution in [-0.4, -0.2) is 33.4 Å². The van der Waals surface area contributed by atoms with Crippen LogP contribution >= 0.6 is 11.6 Å². The highest BCUT2D eigenvalue weighted by molar-refractivity contribution is 6.31. The summed E-state index contributed by atoms with van der Waals surface area (Å²) in [5, 5.41) is 3.15. The quantitative estimate of drug-likeness (QED) is 0.921. The molecule has 0 radical (unpaired) electrons. The van der Waals surface area contributed by atoms with Gasteiger partial charge in [0.2, 0.25) is 0 Å². The van der Waals surface area contributed by atoms with E-state index in [0.29, 0.717) is 18.2 Å². The molecule has 1 aliphatic rings. The molecule has 0 atom stereocenters. The van der Waals surface area contributed by atoms with Gasteiger partial charge in [0.1, 0.15) is 5.82 Å². The van der Waals surface area contributed by atoms with Gasteiger partial charge in [-0.3, -0.25) is 0 Å². The van der Waals surface area contributed by atoms with Crippen molar-refractivity contribution in [3.05, 3.63) is 28.5 Å². The molecule has 19 heavy (non-hydrogen) atoms. The van der Waals surface area contributed by atoms with Gasteiger partial charge in [-0.15, -0.1) is 0 Å². The second-order valence-corrected chi connectivity index (χ2v) is 5.26. The number of piperidine rings is 1. The van der Waals surface area contributed by atoms with Crippen LogP contribution in [0.4, 0.5) is 10.1 Å². The van der Waals surface area contributed by atoms with Crippen molar-refractivity contribution < 1.29 is 9.13 Å². The smallest absolute Gasteiger partial charge is 0.146 e. The fourth-order valence-corrected chi connectivity index (χ4v) is 2.71. The largest absolute Gasteiger partial charge is 0.381 e. The molecule has 1 aliphatic heterocycles. The molecule has 1 heterocycles. The molecule has 0 unspecified atom stereocenters. The molecule has 0 bridgehead atoms. The number of methoxy groups -OCH3 is 1. The van der Waals surface area contributed by atoms with Gasteiger partial charge < -0.3 is 15.0 Å². The zero-order valence-corrected chi connectivity index (χ0v) is 12.1. The summed E-state index contributed by atoms with van der Waals surface area (Å²) in [7, 11) is 3.55. The highest BCUT2D eigenvalue weighted by Crippen LogP contribution is 2.28. The SMILES string of the molecule is CNCc1cc(N2CCC(OC)CC2)cc(Cl)c1F. The number of hydrogen-bond donors (Lipinski definition) is 1. The summed E-state index contributed by atoms with van der Waals surface area (Å²) >= 11 is 5.98. The van der Waals surface area contributed by atoms with Gasteiger partial charge in [0.15, 0.2) is 0 Å². The van der Waals surface area contributed by atoms with Crippen LogP contribution in [0.15, 0.2) is 12.1 Å². The second-order valence-electron chi connectivity index (χ2n) is 4.85. The summed E-state index contributed by atoms with van der Waals surface area (Å²) in [6.07, 6.45) is 2.32. The fraction of sp³-hybridized carbons (Fsp3) is 0.571. The lowest BCUT2D eigenvalue weighted by atomic mass is 10.1. The van der Waals surface area contributed by atoms with E-state index >= 15 is 0 Å². The Hall–Kier alpha value is -0.840. The van der Waals surface area contributed by atoms with E-state index < -0.39 is 0 Å². The standard InChI is InChI=1S/C14H20ClFN2O/c1-17-9-10-7-11(8-13(15)14(10)16)18-5-3-12(19-2)4-6-18/h7-8,12,17H,3-6,9H2,1-2H3. The molecular formula is C14H20ClFN2O. The molecule has 2 rings (SSSR count). The first-order valence-electron chi connectivity index (χ1n) is 6.56. The third-order valence-electron chi connectivity index (χ3n) is 3.60. The second kappa shape index (κ2) is 6.55.